The van der Waals surface area contributed by atoms with E-state index in [-0.39, 0.29) is 18.9 Å². The summed E-state index contributed by atoms with van der Waals surface area (Å²) < 4.78 is 0. The highest BCUT2D eigenvalue weighted by molar-refractivity contribution is 5.70. The van der Waals surface area contributed by atoms with Gasteiger partial charge < -0.3 is 15.1 Å². The Labute approximate surface area is 112 Å². The fourth-order valence-corrected chi connectivity index (χ4v) is 1.88. The van der Waals surface area contributed by atoms with E-state index in [1.54, 1.807) is 12.1 Å². The van der Waals surface area contributed by atoms with E-state index in [0.717, 1.165) is 11.3 Å². The third kappa shape index (κ3) is 4.99. The SMILES string of the molecule is CC(C)N(CCC(=O)O)c1ccc(CC(=O)O)cc1. The van der Waals surface area contributed by atoms with Crippen molar-refractivity contribution in [1.29, 1.82) is 0 Å². The molecule has 0 saturated heterocycles. The summed E-state index contributed by atoms with van der Waals surface area (Å²) in [6.45, 7) is 4.42. The van der Waals surface area contributed by atoms with Crippen LogP contribution in [-0.4, -0.2) is 34.7 Å². The van der Waals surface area contributed by atoms with Crippen molar-refractivity contribution in [3.05, 3.63) is 29.8 Å². The predicted molar refractivity (Wildman–Crippen MR) is 72.5 cm³/mol. The van der Waals surface area contributed by atoms with Crippen LogP contribution in [0.3, 0.4) is 0 Å². The Morgan fingerprint density at radius 3 is 2.11 bits per heavy atom. The molecule has 2 N–H and O–H groups in total. The molecule has 0 aliphatic carbocycles. The largest absolute Gasteiger partial charge is 0.481 e. The van der Waals surface area contributed by atoms with Crippen molar-refractivity contribution >= 4 is 17.6 Å². The van der Waals surface area contributed by atoms with E-state index in [9.17, 15) is 9.59 Å². The molecular weight excluding hydrogens is 246 g/mol. The van der Waals surface area contributed by atoms with E-state index in [0.29, 0.717) is 6.54 Å². The van der Waals surface area contributed by atoms with Gasteiger partial charge in [-0.3, -0.25) is 9.59 Å². The highest BCUT2D eigenvalue weighted by Crippen LogP contribution is 2.18. The maximum absolute atomic E-state index is 10.6. The number of hydrogen-bond acceptors (Lipinski definition) is 3. The summed E-state index contributed by atoms with van der Waals surface area (Å²) in [7, 11) is 0. The van der Waals surface area contributed by atoms with Crippen LogP contribution in [0.4, 0.5) is 5.69 Å². The molecule has 19 heavy (non-hydrogen) atoms. The minimum atomic E-state index is -0.862. The molecule has 1 aromatic carbocycles. The van der Waals surface area contributed by atoms with Gasteiger partial charge in [-0.15, -0.1) is 0 Å². The standard InChI is InChI=1S/C14H19NO4/c1-10(2)15(8-7-13(16)17)12-5-3-11(4-6-12)9-14(18)19/h3-6,10H,7-9H2,1-2H3,(H,16,17)(H,18,19). The first kappa shape index (κ1) is 15.0. The smallest absolute Gasteiger partial charge is 0.307 e. The lowest BCUT2D eigenvalue weighted by Gasteiger charge is -2.28. The van der Waals surface area contributed by atoms with Crippen LogP contribution in [-0.2, 0) is 16.0 Å². The number of benzene rings is 1. The normalized spacial score (nSPS) is 10.5. The molecule has 1 aromatic rings. The van der Waals surface area contributed by atoms with Crippen molar-refractivity contribution in [2.24, 2.45) is 0 Å². The van der Waals surface area contributed by atoms with Crippen LogP contribution >= 0.6 is 0 Å². The minimum Gasteiger partial charge on any atom is -0.481 e. The first-order chi connectivity index (χ1) is 8.90. The van der Waals surface area contributed by atoms with E-state index in [2.05, 4.69) is 0 Å². The predicted octanol–water partition coefficient (Wildman–Crippen LogP) is 2.00. The molecule has 104 valence electrons. The summed E-state index contributed by atoms with van der Waals surface area (Å²) in [4.78, 5) is 23.2. The molecule has 0 heterocycles. The number of anilines is 1. The lowest BCUT2D eigenvalue weighted by atomic mass is 10.1. The fourth-order valence-electron chi connectivity index (χ4n) is 1.88. The fraction of sp³-hybridized carbons (Fsp3) is 0.429. The zero-order valence-electron chi connectivity index (χ0n) is 11.2. The second-order valence-corrected chi connectivity index (χ2v) is 4.67. The minimum absolute atomic E-state index is 0.00289. The molecule has 5 nitrogen and oxygen atoms in total. The molecule has 0 atom stereocenters. The maximum Gasteiger partial charge on any atom is 0.307 e. The second-order valence-electron chi connectivity index (χ2n) is 4.67. The van der Waals surface area contributed by atoms with E-state index in [4.69, 9.17) is 10.2 Å². The van der Waals surface area contributed by atoms with Crippen molar-refractivity contribution < 1.29 is 19.8 Å². The van der Waals surface area contributed by atoms with Gasteiger partial charge in [-0.2, -0.15) is 0 Å². The number of rotatable bonds is 7. The lowest BCUT2D eigenvalue weighted by Crippen LogP contribution is -2.32. The Morgan fingerprint density at radius 1 is 1.11 bits per heavy atom. The molecule has 0 saturated carbocycles. The zero-order chi connectivity index (χ0) is 14.4. The molecule has 0 bridgehead atoms. The van der Waals surface area contributed by atoms with Crippen molar-refractivity contribution in [2.75, 3.05) is 11.4 Å². The van der Waals surface area contributed by atoms with Gasteiger partial charge in [0.1, 0.15) is 0 Å². The Morgan fingerprint density at radius 2 is 1.68 bits per heavy atom. The van der Waals surface area contributed by atoms with Crippen molar-refractivity contribution in [3.63, 3.8) is 0 Å². The molecule has 0 aromatic heterocycles. The molecular formula is C14H19NO4. The van der Waals surface area contributed by atoms with E-state index >= 15 is 0 Å². The lowest BCUT2D eigenvalue weighted by molar-refractivity contribution is -0.137. The molecule has 0 aliphatic heterocycles. The first-order valence-corrected chi connectivity index (χ1v) is 6.19. The zero-order valence-corrected chi connectivity index (χ0v) is 11.2. The Kier molecular flexibility index (Phi) is 5.36. The van der Waals surface area contributed by atoms with Gasteiger partial charge in [0.2, 0.25) is 0 Å². The summed E-state index contributed by atoms with van der Waals surface area (Å²) in [6.07, 6.45) is 0.0755. The number of hydrogen-bond donors (Lipinski definition) is 2. The van der Waals surface area contributed by atoms with Crippen LogP contribution in [0.5, 0.6) is 0 Å². The van der Waals surface area contributed by atoms with Crippen molar-refractivity contribution in [3.8, 4) is 0 Å². The number of carboxylic acids is 2. The average Bonchev–Trinajstić information content (AvgIpc) is 2.29. The summed E-state index contributed by atoms with van der Waals surface area (Å²) in [5, 5.41) is 17.4. The molecule has 1 rings (SSSR count). The Bertz CT molecular complexity index is 439. The van der Waals surface area contributed by atoms with E-state index in [1.165, 1.54) is 0 Å². The van der Waals surface area contributed by atoms with Gasteiger partial charge in [0.05, 0.1) is 12.8 Å². The number of nitrogens with zero attached hydrogens (tertiary/aromatic N) is 1. The third-order valence-electron chi connectivity index (χ3n) is 2.81. The van der Waals surface area contributed by atoms with Gasteiger partial charge in [-0.25, -0.2) is 0 Å². The molecule has 0 unspecified atom stereocenters. The highest BCUT2D eigenvalue weighted by Gasteiger charge is 2.12. The summed E-state index contributed by atoms with van der Waals surface area (Å²) >= 11 is 0. The van der Waals surface area contributed by atoms with Crippen LogP contribution < -0.4 is 4.90 Å². The van der Waals surface area contributed by atoms with Crippen LogP contribution in [0, 0.1) is 0 Å². The monoisotopic (exact) mass is 265 g/mol. The van der Waals surface area contributed by atoms with E-state index < -0.39 is 11.9 Å². The second kappa shape index (κ2) is 6.78. The maximum atomic E-state index is 10.6. The molecule has 0 spiro atoms. The quantitative estimate of drug-likeness (QED) is 0.788. The third-order valence-corrected chi connectivity index (χ3v) is 2.81. The average molecular weight is 265 g/mol. The first-order valence-electron chi connectivity index (χ1n) is 6.19. The van der Waals surface area contributed by atoms with Crippen LogP contribution in [0.2, 0.25) is 0 Å². The van der Waals surface area contributed by atoms with Crippen molar-refractivity contribution in [2.45, 2.75) is 32.7 Å². The number of carbonyl (C=O) groups is 2. The van der Waals surface area contributed by atoms with Gasteiger partial charge >= 0.3 is 11.9 Å². The van der Waals surface area contributed by atoms with Gasteiger partial charge in [-0.1, -0.05) is 12.1 Å². The van der Waals surface area contributed by atoms with E-state index in [1.807, 2.05) is 30.9 Å². The van der Waals surface area contributed by atoms with Crippen LogP contribution in [0.1, 0.15) is 25.8 Å². The molecule has 0 amide bonds. The van der Waals surface area contributed by atoms with Crippen molar-refractivity contribution in [1.82, 2.24) is 0 Å². The summed E-state index contributed by atoms with van der Waals surface area (Å²) in [5.74, 6) is -1.69. The van der Waals surface area contributed by atoms with Crippen LogP contribution in [0.15, 0.2) is 24.3 Å². The summed E-state index contributed by atoms with van der Waals surface area (Å²) in [5.41, 5.74) is 1.64. The Hall–Kier alpha value is -2.04. The molecule has 0 fully saturated rings. The van der Waals surface area contributed by atoms with Gasteiger partial charge in [0, 0.05) is 18.3 Å². The Balaban J connectivity index is 2.79. The molecule has 0 aliphatic rings. The number of carboxylic acid groups (broad SMARTS) is 2. The van der Waals surface area contributed by atoms with Gasteiger partial charge in [-0.05, 0) is 31.5 Å². The summed E-state index contributed by atoms with van der Waals surface area (Å²) in [6, 6.07) is 7.38. The molecule has 5 heteroatoms. The van der Waals surface area contributed by atoms with Gasteiger partial charge in [0.15, 0.2) is 0 Å². The number of aliphatic carboxylic acids is 2. The van der Waals surface area contributed by atoms with Gasteiger partial charge in [0.25, 0.3) is 0 Å². The highest BCUT2D eigenvalue weighted by atomic mass is 16.4. The topological polar surface area (TPSA) is 77.8 Å². The van der Waals surface area contributed by atoms with Crippen LogP contribution in [0.25, 0.3) is 0 Å². The molecule has 0 radical (unpaired) electrons.